The average Bonchev–Trinajstić information content (AvgIpc) is 2.69. The minimum atomic E-state index is -0.345. The predicted octanol–water partition coefficient (Wildman–Crippen LogP) is 5.93. The summed E-state index contributed by atoms with van der Waals surface area (Å²) in [5.74, 6) is 0.229. The van der Waals surface area contributed by atoms with Gasteiger partial charge in [0.15, 0.2) is 0 Å². The molecule has 1 atom stereocenters. The van der Waals surface area contributed by atoms with Crippen molar-refractivity contribution in [3.8, 4) is 0 Å². The van der Waals surface area contributed by atoms with E-state index in [0.29, 0.717) is 16.3 Å². The van der Waals surface area contributed by atoms with E-state index in [0.717, 1.165) is 16.7 Å². The molecule has 0 saturated heterocycles. The van der Waals surface area contributed by atoms with E-state index in [1.807, 2.05) is 61.5 Å². The summed E-state index contributed by atoms with van der Waals surface area (Å²) in [7, 11) is 0. The lowest BCUT2D eigenvalue weighted by atomic mass is 9.95. The van der Waals surface area contributed by atoms with Gasteiger partial charge < -0.3 is 5.32 Å². The van der Waals surface area contributed by atoms with Crippen molar-refractivity contribution in [2.75, 3.05) is 5.75 Å². The lowest BCUT2D eigenvalue weighted by Crippen LogP contribution is -2.31. The standard InChI is InChI=1S/C23H21ClFNOS/c1-16-7-5-6-10-20(16)23(17-8-3-2-4-9-17)26-22(27)15-28-14-18-11-12-19(24)13-21(18)25/h2-13,23H,14-15H2,1H3,(H,26,27). The number of amides is 1. The number of hydrogen-bond acceptors (Lipinski definition) is 2. The Balaban J connectivity index is 1.67. The first kappa shape index (κ1) is 20.4. The minimum absolute atomic E-state index is 0.0866. The van der Waals surface area contributed by atoms with Gasteiger partial charge in [-0.25, -0.2) is 4.39 Å². The molecule has 3 rings (SSSR count). The highest BCUT2D eigenvalue weighted by atomic mass is 35.5. The van der Waals surface area contributed by atoms with Crippen LogP contribution in [0.1, 0.15) is 28.3 Å². The molecule has 1 amide bonds. The Kier molecular flexibility index (Phi) is 7.12. The van der Waals surface area contributed by atoms with Crippen LogP contribution in [0, 0.1) is 12.7 Å². The molecule has 3 aromatic carbocycles. The highest BCUT2D eigenvalue weighted by Gasteiger charge is 2.18. The summed E-state index contributed by atoms with van der Waals surface area (Å²) in [4.78, 5) is 12.6. The number of carbonyl (C=O) groups excluding carboxylic acids is 1. The number of carbonyl (C=O) groups is 1. The third-order valence-corrected chi connectivity index (χ3v) is 5.66. The van der Waals surface area contributed by atoms with Gasteiger partial charge in [0, 0.05) is 10.8 Å². The van der Waals surface area contributed by atoms with Crippen LogP contribution in [0.25, 0.3) is 0 Å². The summed E-state index contributed by atoms with van der Waals surface area (Å²) in [5.41, 5.74) is 3.75. The maximum Gasteiger partial charge on any atom is 0.230 e. The molecule has 5 heteroatoms. The molecule has 0 aliphatic carbocycles. The molecule has 0 radical (unpaired) electrons. The molecular formula is C23H21ClFNOS. The average molecular weight is 414 g/mol. The van der Waals surface area contributed by atoms with Crippen molar-refractivity contribution in [3.05, 3.63) is 106 Å². The van der Waals surface area contributed by atoms with Crippen molar-refractivity contribution in [2.45, 2.75) is 18.7 Å². The van der Waals surface area contributed by atoms with Crippen molar-refractivity contribution >= 4 is 29.3 Å². The normalized spacial score (nSPS) is 11.8. The van der Waals surface area contributed by atoms with Crippen molar-refractivity contribution in [1.82, 2.24) is 5.32 Å². The molecule has 0 heterocycles. The molecule has 0 bridgehead atoms. The number of halogens is 2. The Bertz CT molecular complexity index is 948. The van der Waals surface area contributed by atoms with E-state index in [1.54, 1.807) is 12.1 Å². The van der Waals surface area contributed by atoms with Gasteiger partial charge in [0.25, 0.3) is 0 Å². The fourth-order valence-electron chi connectivity index (χ4n) is 2.99. The van der Waals surface area contributed by atoms with Crippen LogP contribution in [-0.4, -0.2) is 11.7 Å². The third kappa shape index (κ3) is 5.37. The zero-order chi connectivity index (χ0) is 19.9. The Labute approximate surface area is 174 Å². The number of nitrogens with one attached hydrogen (secondary N) is 1. The van der Waals surface area contributed by atoms with Crippen LogP contribution < -0.4 is 5.32 Å². The number of thioether (sulfide) groups is 1. The van der Waals surface area contributed by atoms with E-state index in [2.05, 4.69) is 5.32 Å². The van der Waals surface area contributed by atoms with Crippen LogP contribution in [0.5, 0.6) is 0 Å². The molecule has 0 spiro atoms. The van der Waals surface area contributed by atoms with Crippen LogP contribution in [-0.2, 0) is 10.5 Å². The highest BCUT2D eigenvalue weighted by Crippen LogP contribution is 2.25. The summed E-state index contributed by atoms with van der Waals surface area (Å²) in [6.07, 6.45) is 0. The van der Waals surface area contributed by atoms with Crippen molar-refractivity contribution in [2.24, 2.45) is 0 Å². The van der Waals surface area contributed by atoms with Crippen LogP contribution in [0.4, 0.5) is 4.39 Å². The monoisotopic (exact) mass is 413 g/mol. The second kappa shape index (κ2) is 9.76. The minimum Gasteiger partial charge on any atom is -0.344 e. The second-order valence-corrected chi connectivity index (χ2v) is 7.92. The Morgan fingerprint density at radius 3 is 2.50 bits per heavy atom. The SMILES string of the molecule is Cc1ccccc1C(NC(=O)CSCc1ccc(Cl)cc1F)c1ccccc1. The van der Waals surface area contributed by atoms with Gasteiger partial charge in [-0.1, -0.05) is 72.3 Å². The Morgan fingerprint density at radius 2 is 1.79 bits per heavy atom. The van der Waals surface area contributed by atoms with Gasteiger partial charge in [-0.2, -0.15) is 0 Å². The van der Waals surface area contributed by atoms with E-state index < -0.39 is 0 Å². The molecule has 3 aromatic rings. The van der Waals surface area contributed by atoms with E-state index in [-0.39, 0.29) is 23.5 Å². The fourth-order valence-corrected chi connectivity index (χ4v) is 3.98. The third-order valence-electron chi connectivity index (χ3n) is 4.44. The van der Waals surface area contributed by atoms with E-state index in [1.165, 1.54) is 17.8 Å². The van der Waals surface area contributed by atoms with Gasteiger partial charge in [-0.3, -0.25) is 4.79 Å². The Hall–Kier alpha value is -2.30. The fraction of sp³-hybridized carbons (Fsp3) is 0.174. The number of aryl methyl sites for hydroxylation is 1. The summed E-state index contributed by atoms with van der Waals surface area (Å²) in [6, 6.07) is 22.3. The van der Waals surface area contributed by atoms with Gasteiger partial charge >= 0.3 is 0 Å². The summed E-state index contributed by atoms with van der Waals surface area (Å²) >= 11 is 7.15. The Morgan fingerprint density at radius 1 is 1.07 bits per heavy atom. The molecule has 1 unspecified atom stereocenters. The number of hydrogen-bond donors (Lipinski definition) is 1. The summed E-state index contributed by atoms with van der Waals surface area (Å²) in [6.45, 7) is 2.04. The van der Waals surface area contributed by atoms with Gasteiger partial charge in [0.2, 0.25) is 5.91 Å². The molecule has 0 aliphatic heterocycles. The number of rotatable bonds is 7. The first-order valence-electron chi connectivity index (χ1n) is 8.96. The molecule has 0 aromatic heterocycles. The summed E-state index contributed by atoms with van der Waals surface area (Å²) in [5, 5.41) is 3.49. The molecule has 0 fully saturated rings. The molecule has 0 saturated carbocycles. The first-order chi connectivity index (χ1) is 13.5. The second-order valence-electron chi connectivity index (χ2n) is 6.50. The zero-order valence-electron chi connectivity index (χ0n) is 15.5. The maximum absolute atomic E-state index is 13.9. The maximum atomic E-state index is 13.9. The first-order valence-corrected chi connectivity index (χ1v) is 10.5. The molecule has 28 heavy (non-hydrogen) atoms. The van der Waals surface area contributed by atoms with E-state index in [4.69, 9.17) is 11.6 Å². The molecule has 0 aliphatic rings. The van der Waals surface area contributed by atoms with Crippen LogP contribution in [0.3, 0.4) is 0 Å². The van der Waals surface area contributed by atoms with Crippen LogP contribution in [0.2, 0.25) is 5.02 Å². The van der Waals surface area contributed by atoms with Crippen LogP contribution in [0.15, 0.2) is 72.8 Å². The van der Waals surface area contributed by atoms with Gasteiger partial charge in [0.1, 0.15) is 5.82 Å². The largest absolute Gasteiger partial charge is 0.344 e. The predicted molar refractivity (Wildman–Crippen MR) is 115 cm³/mol. The summed E-state index contributed by atoms with van der Waals surface area (Å²) < 4.78 is 13.9. The highest BCUT2D eigenvalue weighted by molar-refractivity contribution is 7.99. The van der Waals surface area contributed by atoms with Crippen molar-refractivity contribution in [1.29, 1.82) is 0 Å². The smallest absolute Gasteiger partial charge is 0.230 e. The molecule has 2 nitrogen and oxygen atoms in total. The zero-order valence-corrected chi connectivity index (χ0v) is 17.1. The van der Waals surface area contributed by atoms with Gasteiger partial charge in [-0.05, 0) is 41.3 Å². The topological polar surface area (TPSA) is 29.1 Å². The van der Waals surface area contributed by atoms with Crippen molar-refractivity contribution < 1.29 is 9.18 Å². The molecule has 1 N–H and O–H groups in total. The van der Waals surface area contributed by atoms with E-state index >= 15 is 0 Å². The quantitative estimate of drug-likeness (QED) is 0.520. The number of benzene rings is 3. The van der Waals surface area contributed by atoms with Gasteiger partial charge in [0.05, 0.1) is 11.8 Å². The van der Waals surface area contributed by atoms with E-state index in [9.17, 15) is 9.18 Å². The molecular weight excluding hydrogens is 393 g/mol. The van der Waals surface area contributed by atoms with Gasteiger partial charge in [-0.15, -0.1) is 11.8 Å². The van der Waals surface area contributed by atoms with Crippen LogP contribution >= 0.6 is 23.4 Å². The molecule has 144 valence electrons. The lowest BCUT2D eigenvalue weighted by molar-refractivity contribution is -0.119. The lowest BCUT2D eigenvalue weighted by Gasteiger charge is -2.21. The van der Waals surface area contributed by atoms with Crippen molar-refractivity contribution in [3.63, 3.8) is 0 Å².